The molecule has 2 aliphatic heterocycles. The average Bonchev–Trinajstić information content (AvgIpc) is 3.12. The van der Waals surface area contributed by atoms with E-state index in [4.69, 9.17) is 4.74 Å². The van der Waals surface area contributed by atoms with Crippen molar-refractivity contribution in [3.8, 4) is 0 Å². The van der Waals surface area contributed by atoms with Gasteiger partial charge in [-0.25, -0.2) is 0 Å². The SMILES string of the molecule is CC1CCC(N(C(=O)C(C)(C)C)[C@@H]2CN[C@H](C(=O)N3CCOCC3)C2)CC1. The molecule has 3 rings (SSSR count). The molecule has 3 fully saturated rings. The maximum Gasteiger partial charge on any atom is 0.239 e. The van der Waals surface area contributed by atoms with Crippen molar-refractivity contribution in [2.75, 3.05) is 32.8 Å². The van der Waals surface area contributed by atoms with Gasteiger partial charge in [0.05, 0.1) is 19.3 Å². The van der Waals surface area contributed by atoms with E-state index in [0.29, 0.717) is 38.9 Å². The van der Waals surface area contributed by atoms with Crippen LogP contribution in [0.5, 0.6) is 0 Å². The highest BCUT2D eigenvalue weighted by molar-refractivity contribution is 5.84. The highest BCUT2D eigenvalue weighted by atomic mass is 16.5. The van der Waals surface area contributed by atoms with E-state index in [2.05, 4.69) is 17.1 Å². The van der Waals surface area contributed by atoms with Crippen LogP contribution >= 0.6 is 0 Å². The molecular weight excluding hydrogens is 342 g/mol. The lowest BCUT2D eigenvalue weighted by molar-refractivity contribution is -0.146. The topological polar surface area (TPSA) is 61.9 Å². The normalized spacial score (nSPS) is 32.4. The fraction of sp³-hybridized carbons (Fsp3) is 0.905. The van der Waals surface area contributed by atoms with Crippen LogP contribution in [0.3, 0.4) is 0 Å². The zero-order valence-electron chi connectivity index (χ0n) is 17.5. The van der Waals surface area contributed by atoms with Crippen LogP contribution in [0.25, 0.3) is 0 Å². The lowest BCUT2D eigenvalue weighted by atomic mass is 9.84. The van der Waals surface area contributed by atoms with Crippen molar-refractivity contribution in [2.45, 2.75) is 77.9 Å². The summed E-state index contributed by atoms with van der Waals surface area (Å²) in [7, 11) is 0. The van der Waals surface area contributed by atoms with E-state index < -0.39 is 5.41 Å². The van der Waals surface area contributed by atoms with Gasteiger partial charge in [0.25, 0.3) is 0 Å². The minimum Gasteiger partial charge on any atom is -0.378 e. The van der Waals surface area contributed by atoms with Gasteiger partial charge in [-0.05, 0) is 38.0 Å². The van der Waals surface area contributed by atoms with Gasteiger partial charge in [-0.3, -0.25) is 9.59 Å². The molecule has 2 saturated heterocycles. The van der Waals surface area contributed by atoms with Gasteiger partial charge in [0.15, 0.2) is 0 Å². The highest BCUT2D eigenvalue weighted by Gasteiger charge is 2.42. The second-order valence-electron chi connectivity index (χ2n) is 9.66. The van der Waals surface area contributed by atoms with Crippen molar-refractivity contribution in [1.82, 2.24) is 15.1 Å². The second kappa shape index (κ2) is 8.48. The first kappa shape index (κ1) is 20.6. The number of morpholine rings is 1. The van der Waals surface area contributed by atoms with Crippen LogP contribution in [-0.4, -0.2) is 72.6 Å². The Labute approximate surface area is 164 Å². The predicted molar refractivity (Wildman–Crippen MR) is 105 cm³/mol. The largest absolute Gasteiger partial charge is 0.378 e. The third-order valence-electron chi connectivity index (χ3n) is 6.38. The third-order valence-corrected chi connectivity index (χ3v) is 6.38. The molecule has 0 unspecified atom stereocenters. The number of ether oxygens (including phenoxy) is 1. The second-order valence-corrected chi connectivity index (χ2v) is 9.66. The van der Waals surface area contributed by atoms with Gasteiger partial charge in [-0.15, -0.1) is 0 Å². The standard InChI is InChI=1S/C21H37N3O3/c1-15-5-7-16(8-6-15)24(20(26)21(2,3)4)17-13-18(22-14-17)19(25)23-9-11-27-12-10-23/h15-18,22H,5-14H2,1-4H3/t15?,16?,17-,18-/m0/s1. The number of hydrogen-bond acceptors (Lipinski definition) is 4. The highest BCUT2D eigenvalue weighted by Crippen LogP contribution is 2.33. The van der Waals surface area contributed by atoms with Crippen molar-refractivity contribution in [3.63, 3.8) is 0 Å². The monoisotopic (exact) mass is 379 g/mol. The number of hydrogen-bond donors (Lipinski definition) is 1. The lowest BCUT2D eigenvalue weighted by Crippen LogP contribution is -2.53. The molecule has 0 aromatic heterocycles. The summed E-state index contributed by atoms with van der Waals surface area (Å²) >= 11 is 0. The summed E-state index contributed by atoms with van der Waals surface area (Å²) in [5, 5.41) is 3.41. The van der Waals surface area contributed by atoms with Crippen LogP contribution in [0.4, 0.5) is 0 Å². The number of nitrogens with zero attached hydrogens (tertiary/aromatic N) is 2. The number of carbonyl (C=O) groups excluding carboxylic acids is 2. The number of nitrogens with one attached hydrogen (secondary N) is 1. The smallest absolute Gasteiger partial charge is 0.239 e. The first-order chi connectivity index (χ1) is 12.8. The quantitative estimate of drug-likeness (QED) is 0.815. The van der Waals surface area contributed by atoms with Crippen molar-refractivity contribution in [1.29, 1.82) is 0 Å². The van der Waals surface area contributed by atoms with E-state index in [0.717, 1.165) is 25.2 Å². The van der Waals surface area contributed by atoms with Gasteiger partial charge in [0.2, 0.25) is 11.8 Å². The van der Waals surface area contributed by atoms with Gasteiger partial charge < -0.3 is 19.9 Å². The Morgan fingerprint density at radius 3 is 2.26 bits per heavy atom. The summed E-state index contributed by atoms with van der Waals surface area (Å²) in [5.74, 6) is 1.15. The zero-order chi connectivity index (χ0) is 19.6. The van der Waals surface area contributed by atoms with E-state index in [1.807, 2.05) is 25.7 Å². The summed E-state index contributed by atoms with van der Waals surface area (Å²) in [6, 6.07) is 0.257. The van der Waals surface area contributed by atoms with Crippen molar-refractivity contribution < 1.29 is 14.3 Å². The molecule has 3 aliphatic rings. The molecule has 6 heteroatoms. The fourth-order valence-electron chi connectivity index (χ4n) is 4.66. The fourth-order valence-corrected chi connectivity index (χ4v) is 4.66. The van der Waals surface area contributed by atoms with Crippen molar-refractivity contribution in [2.24, 2.45) is 11.3 Å². The Morgan fingerprint density at radius 2 is 1.67 bits per heavy atom. The molecule has 0 radical (unpaired) electrons. The van der Waals surface area contributed by atoms with E-state index in [-0.39, 0.29) is 23.9 Å². The molecule has 0 aromatic rings. The molecule has 0 aromatic carbocycles. The van der Waals surface area contributed by atoms with E-state index in [1.54, 1.807) is 0 Å². The van der Waals surface area contributed by atoms with Crippen LogP contribution in [0.15, 0.2) is 0 Å². The van der Waals surface area contributed by atoms with Crippen LogP contribution in [0.1, 0.15) is 59.8 Å². The first-order valence-electron chi connectivity index (χ1n) is 10.7. The Hall–Kier alpha value is -1.14. The molecule has 6 nitrogen and oxygen atoms in total. The molecule has 27 heavy (non-hydrogen) atoms. The molecule has 2 heterocycles. The summed E-state index contributed by atoms with van der Waals surface area (Å²) in [6.45, 7) is 11.6. The Bertz CT molecular complexity index is 531. The molecule has 2 amide bonds. The zero-order valence-corrected chi connectivity index (χ0v) is 17.5. The van der Waals surface area contributed by atoms with Crippen LogP contribution < -0.4 is 5.32 Å². The predicted octanol–water partition coefficient (Wildman–Crippen LogP) is 2.03. The number of rotatable bonds is 3. The van der Waals surface area contributed by atoms with E-state index >= 15 is 0 Å². The molecule has 2 atom stereocenters. The average molecular weight is 380 g/mol. The third kappa shape index (κ3) is 4.83. The lowest BCUT2D eigenvalue weighted by Gasteiger charge is -2.42. The summed E-state index contributed by atoms with van der Waals surface area (Å²) in [4.78, 5) is 30.2. The first-order valence-corrected chi connectivity index (χ1v) is 10.7. The molecule has 1 N–H and O–H groups in total. The Kier molecular flexibility index (Phi) is 6.46. The maximum absolute atomic E-state index is 13.3. The van der Waals surface area contributed by atoms with E-state index in [9.17, 15) is 9.59 Å². The molecule has 0 bridgehead atoms. The minimum absolute atomic E-state index is 0.116. The van der Waals surface area contributed by atoms with Crippen molar-refractivity contribution >= 4 is 11.8 Å². The molecular formula is C21H37N3O3. The molecule has 154 valence electrons. The van der Waals surface area contributed by atoms with Crippen LogP contribution in [0.2, 0.25) is 0 Å². The Morgan fingerprint density at radius 1 is 1.04 bits per heavy atom. The molecule has 1 saturated carbocycles. The summed E-state index contributed by atoms with van der Waals surface area (Å²) in [5.41, 5.74) is -0.393. The minimum atomic E-state index is -0.393. The van der Waals surface area contributed by atoms with Crippen LogP contribution in [0, 0.1) is 11.3 Å². The molecule has 1 aliphatic carbocycles. The van der Waals surface area contributed by atoms with Gasteiger partial charge in [-0.1, -0.05) is 27.7 Å². The van der Waals surface area contributed by atoms with Gasteiger partial charge in [0, 0.05) is 37.1 Å². The van der Waals surface area contributed by atoms with E-state index in [1.165, 1.54) is 12.8 Å². The van der Waals surface area contributed by atoms with Crippen LogP contribution in [-0.2, 0) is 14.3 Å². The van der Waals surface area contributed by atoms with Gasteiger partial charge >= 0.3 is 0 Å². The summed E-state index contributed by atoms with van der Waals surface area (Å²) in [6.07, 6.45) is 5.27. The van der Waals surface area contributed by atoms with Gasteiger partial charge in [-0.2, -0.15) is 0 Å². The maximum atomic E-state index is 13.3. The van der Waals surface area contributed by atoms with Crippen molar-refractivity contribution in [3.05, 3.63) is 0 Å². The number of carbonyl (C=O) groups is 2. The Balaban J connectivity index is 1.69. The van der Waals surface area contributed by atoms with Gasteiger partial charge in [0.1, 0.15) is 0 Å². The molecule has 0 spiro atoms. The summed E-state index contributed by atoms with van der Waals surface area (Å²) < 4.78 is 5.36. The number of amides is 2.